The first kappa shape index (κ1) is 15.6. The molecule has 0 radical (unpaired) electrons. The van der Waals surface area contributed by atoms with E-state index in [1.807, 2.05) is 0 Å². The second-order valence-electron chi connectivity index (χ2n) is 7.01. The smallest absolute Gasteiger partial charge is 0.192 e. The highest BCUT2D eigenvalue weighted by Gasteiger charge is 2.42. The number of rotatable bonds is 3. The van der Waals surface area contributed by atoms with Crippen molar-refractivity contribution >= 4 is 20.9 Å². The maximum atomic E-state index is 6.62. The standard InChI is InChI=1S/C14H30OSSi/c1-7-11-9-8-10-12(16)13(11)15-17(5,6)14(2,3)4/h11-13,16H,7-10H2,1-6H3/t11-,12-,13-/m1/s1. The van der Waals surface area contributed by atoms with Gasteiger partial charge in [0.05, 0.1) is 6.10 Å². The predicted octanol–water partition coefficient (Wildman–Crippen LogP) is 4.89. The van der Waals surface area contributed by atoms with Gasteiger partial charge >= 0.3 is 0 Å². The lowest BCUT2D eigenvalue weighted by Gasteiger charge is -2.45. The van der Waals surface area contributed by atoms with Crippen LogP contribution in [0.25, 0.3) is 0 Å². The number of hydrogen-bond acceptors (Lipinski definition) is 2. The molecular weight excluding hydrogens is 244 g/mol. The number of thiol groups is 1. The molecule has 1 rings (SSSR count). The Labute approximate surface area is 114 Å². The van der Waals surface area contributed by atoms with Crippen LogP contribution in [0.5, 0.6) is 0 Å². The lowest BCUT2D eigenvalue weighted by Crippen LogP contribution is -2.49. The highest BCUT2D eigenvalue weighted by Crippen LogP contribution is 2.41. The van der Waals surface area contributed by atoms with E-state index in [0.717, 1.165) is 5.92 Å². The molecular formula is C14H30OSSi. The molecule has 1 fully saturated rings. The van der Waals surface area contributed by atoms with E-state index in [-0.39, 0.29) is 0 Å². The second kappa shape index (κ2) is 5.66. The highest BCUT2D eigenvalue weighted by atomic mass is 32.1. The average molecular weight is 275 g/mol. The van der Waals surface area contributed by atoms with Crippen molar-refractivity contribution in [2.24, 2.45) is 5.92 Å². The summed E-state index contributed by atoms with van der Waals surface area (Å²) in [5.41, 5.74) is 0. The molecule has 1 aliphatic rings. The van der Waals surface area contributed by atoms with Crippen LogP contribution in [0.1, 0.15) is 53.4 Å². The molecule has 0 heterocycles. The minimum absolute atomic E-state index is 0.302. The normalized spacial score (nSPS) is 31.6. The first-order chi connectivity index (χ1) is 7.69. The summed E-state index contributed by atoms with van der Waals surface area (Å²) >= 11 is 4.77. The molecule has 0 unspecified atom stereocenters. The molecule has 0 bridgehead atoms. The SMILES string of the molecule is CC[C@@H]1CCC[C@@H](S)[C@@H]1O[Si](C)(C)C(C)(C)C. The van der Waals surface area contributed by atoms with Crippen molar-refractivity contribution in [2.75, 3.05) is 0 Å². The Hall–Kier alpha value is 0.527. The zero-order chi connectivity index (χ0) is 13.3. The molecule has 102 valence electrons. The van der Waals surface area contributed by atoms with Gasteiger partial charge in [0.15, 0.2) is 8.32 Å². The van der Waals surface area contributed by atoms with E-state index in [1.165, 1.54) is 25.7 Å². The summed E-state index contributed by atoms with van der Waals surface area (Å²) in [6.45, 7) is 14.0. The van der Waals surface area contributed by atoms with Gasteiger partial charge in [-0.05, 0) is 36.9 Å². The van der Waals surface area contributed by atoms with Crippen LogP contribution < -0.4 is 0 Å². The lowest BCUT2D eigenvalue weighted by atomic mass is 9.84. The fourth-order valence-electron chi connectivity index (χ4n) is 2.36. The van der Waals surface area contributed by atoms with Crippen molar-refractivity contribution in [3.8, 4) is 0 Å². The zero-order valence-electron chi connectivity index (χ0n) is 12.4. The van der Waals surface area contributed by atoms with Gasteiger partial charge in [-0.15, -0.1) is 0 Å². The molecule has 1 saturated carbocycles. The van der Waals surface area contributed by atoms with Crippen LogP contribution in [0.4, 0.5) is 0 Å². The molecule has 0 aromatic heterocycles. The first-order valence-electron chi connectivity index (χ1n) is 7.05. The monoisotopic (exact) mass is 274 g/mol. The van der Waals surface area contributed by atoms with Crippen molar-refractivity contribution in [3.63, 3.8) is 0 Å². The third-order valence-corrected chi connectivity index (χ3v) is 9.71. The molecule has 0 saturated heterocycles. The van der Waals surface area contributed by atoms with Crippen molar-refractivity contribution in [1.82, 2.24) is 0 Å². The van der Waals surface area contributed by atoms with Crippen LogP contribution in [0.15, 0.2) is 0 Å². The average Bonchev–Trinajstić information content (AvgIpc) is 2.19. The molecule has 3 heteroatoms. The second-order valence-corrected chi connectivity index (χ2v) is 12.4. The summed E-state index contributed by atoms with van der Waals surface area (Å²) in [4.78, 5) is 0. The Morgan fingerprint density at radius 3 is 2.29 bits per heavy atom. The molecule has 0 aliphatic heterocycles. The Balaban J connectivity index is 2.76. The molecule has 1 aliphatic carbocycles. The topological polar surface area (TPSA) is 9.23 Å². The zero-order valence-corrected chi connectivity index (χ0v) is 14.3. The minimum atomic E-state index is -1.64. The number of hydrogen-bond donors (Lipinski definition) is 1. The van der Waals surface area contributed by atoms with E-state index in [1.54, 1.807) is 0 Å². The molecule has 1 nitrogen and oxygen atoms in total. The molecule has 0 aromatic rings. The Morgan fingerprint density at radius 1 is 1.24 bits per heavy atom. The van der Waals surface area contributed by atoms with Gasteiger partial charge in [-0.1, -0.05) is 40.5 Å². The third-order valence-electron chi connectivity index (χ3n) is 4.68. The van der Waals surface area contributed by atoms with Gasteiger partial charge in [0.25, 0.3) is 0 Å². The van der Waals surface area contributed by atoms with Crippen LogP contribution in [0.3, 0.4) is 0 Å². The van der Waals surface area contributed by atoms with Gasteiger partial charge in [-0.25, -0.2) is 0 Å². The maximum Gasteiger partial charge on any atom is 0.192 e. The van der Waals surface area contributed by atoms with Gasteiger partial charge in [0.1, 0.15) is 0 Å². The predicted molar refractivity (Wildman–Crippen MR) is 82.5 cm³/mol. The summed E-state index contributed by atoms with van der Waals surface area (Å²) in [5, 5.41) is 0.749. The van der Waals surface area contributed by atoms with Crippen molar-refractivity contribution in [1.29, 1.82) is 0 Å². The highest BCUT2D eigenvalue weighted by molar-refractivity contribution is 7.81. The van der Waals surface area contributed by atoms with Crippen LogP contribution >= 0.6 is 12.6 Å². The van der Waals surface area contributed by atoms with Crippen LogP contribution in [-0.4, -0.2) is 19.7 Å². The van der Waals surface area contributed by atoms with Gasteiger partial charge in [0, 0.05) is 5.25 Å². The fraction of sp³-hybridized carbons (Fsp3) is 1.00. The van der Waals surface area contributed by atoms with E-state index < -0.39 is 8.32 Å². The van der Waals surface area contributed by atoms with E-state index in [9.17, 15) is 0 Å². The van der Waals surface area contributed by atoms with Crippen molar-refractivity contribution < 1.29 is 4.43 Å². The largest absolute Gasteiger partial charge is 0.413 e. The summed E-state index contributed by atoms with van der Waals surface area (Å²) in [6, 6.07) is 0. The van der Waals surface area contributed by atoms with Gasteiger partial charge in [-0.3, -0.25) is 0 Å². The Kier molecular flexibility index (Phi) is 5.19. The maximum absolute atomic E-state index is 6.62. The summed E-state index contributed by atoms with van der Waals surface area (Å²) < 4.78 is 6.62. The molecule has 0 N–H and O–H groups in total. The first-order valence-corrected chi connectivity index (χ1v) is 10.5. The van der Waals surface area contributed by atoms with Gasteiger partial charge in [-0.2, -0.15) is 12.6 Å². The summed E-state index contributed by atoms with van der Waals surface area (Å²) in [7, 11) is -1.64. The minimum Gasteiger partial charge on any atom is -0.413 e. The quantitative estimate of drug-likeness (QED) is 0.570. The van der Waals surface area contributed by atoms with Crippen LogP contribution in [-0.2, 0) is 4.43 Å². The summed E-state index contributed by atoms with van der Waals surface area (Å²) in [6.07, 6.45) is 5.49. The van der Waals surface area contributed by atoms with Crippen molar-refractivity contribution in [2.45, 2.75) is 82.9 Å². The van der Waals surface area contributed by atoms with Gasteiger partial charge < -0.3 is 4.43 Å². The molecule has 17 heavy (non-hydrogen) atoms. The fourth-order valence-corrected chi connectivity index (χ4v) is 4.35. The van der Waals surface area contributed by atoms with Crippen molar-refractivity contribution in [3.05, 3.63) is 0 Å². The Morgan fingerprint density at radius 2 is 1.82 bits per heavy atom. The molecule has 0 spiro atoms. The lowest BCUT2D eigenvalue weighted by molar-refractivity contribution is 0.0836. The van der Waals surface area contributed by atoms with Crippen LogP contribution in [0.2, 0.25) is 18.1 Å². The molecule has 3 atom stereocenters. The van der Waals surface area contributed by atoms with E-state index in [0.29, 0.717) is 16.4 Å². The van der Waals surface area contributed by atoms with E-state index in [2.05, 4.69) is 40.8 Å². The molecule has 0 aromatic carbocycles. The van der Waals surface area contributed by atoms with E-state index in [4.69, 9.17) is 17.1 Å². The summed E-state index contributed by atoms with van der Waals surface area (Å²) in [5.74, 6) is 0.723. The van der Waals surface area contributed by atoms with Gasteiger partial charge in [0.2, 0.25) is 0 Å². The third kappa shape index (κ3) is 3.74. The van der Waals surface area contributed by atoms with E-state index >= 15 is 0 Å². The van der Waals surface area contributed by atoms with Crippen LogP contribution in [0, 0.1) is 5.92 Å². The Bertz CT molecular complexity index is 247. The molecule has 0 amide bonds.